The molecule has 28 heavy (non-hydrogen) atoms. The minimum Gasteiger partial charge on any atom is -0.491 e. The minimum atomic E-state index is -0.201. The molecule has 148 valence electrons. The number of H-pyrrole nitrogens is 1. The van der Waals surface area contributed by atoms with E-state index in [1.807, 2.05) is 12.3 Å². The van der Waals surface area contributed by atoms with Crippen LogP contribution in [0.25, 0.3) is 10.9 Å². The first-order valence-electron chi connectivity index (χ1n) is 9.74. The van der Waals surface area contributed by atoms with Gasteiger partial charge in [0.1, 0.15) is 12.1 Å². The van der Waals surface area contributed by atoms with Gasteiger partial charge in [0.15, 0.2) is 11.6 Å². The summed E-state index contributed by atoms with van der Waals surface area (Å²) in [6.07, 6.45) is 7.35. The molecule has 1 aromatic carbocycles. The number of aromatic amines is 1. The minimum absolute atomic E-state index is 0.201. The Bertz CT molecular complexity index is 943. The molecule has 1 atom stereocenters. The normalized spacial score (nSPS) is 18.0. The molecule has 1 aliphatic rings. The lowest BCUT2D eigenvalue weighted by atomic mass is 10.1. The number of anilines is 1. The summed E-state index contributed by atoms with van der Waals surface area (Å²) in [5.41, 5.74) is 2.13. The van der Waals surface area contributed by atoms with E-state index in [9.17, 15) is 4.39 Å². The molecule has 6 nitrogen and oxygen atoms in total. The Hall–Kier alpha value is -2.67. The number of aromatic nitrogens is 3. The van der Waals surface area contributed by atoms with Gasteiger partial charge >= 0.3 is 0 Å². The summed E-state index contributed by atoms with van der Waals surface area (Å²) < 4.78 is 18.7. The highest BCUT2D eigenvalue weighted by atomic mass is 19.1. The Morgan fingerprint density at radius 1 is 1.32 bits per heavy atom. The third-order valence-corrected chi connectivity index (χ3v) is 5.56. The Kier molecular flexibility index (Phi) is 5.43. The molecule has 1 aliphatic heterocycles. The van der Waals surface area contributed by atoms with Crippen LogP contribution in [0.3, 0.4) is 0 Å². The van der Waals surface area contributed by atoms with Crippen LogP contribution in [0.4, 0.5) is 10.2 Å². The summed E-state index contributed by atoms with van der Waals surface area (Å²) in [6, 6.07) is 5.39. The maximum absolute atomic E-state index is 13.3. The van der Waals surface area contributed by atoms with E-state index in [4.69, 9.17) is 4.74 Å². The number of methoxy groups -OCH3 is 1. The number of nitrogens with zero attached hydrogens (tertiary/aromatic N) is 4. The second-order valence-corrected chi connectivity index (χ2v) is 7.35. The summed E-state index contributed by atoms with van der Waals surface area (Å²) in [7, 11) is 1.65. The average Bonchev–Trinajstić information content (AvgIpc) is 3.11. The quantitative estimate of drug-likeness (QED) is 0.708. The predicted octanol–water partition coefficient (Wildman–Crippen LogP) is 3.25. The maximum atomic E-state index is 13.3. The van der Waals surface area contributed by atoms with Gasteiger partial charge in [0, 0.05) is 42.8 Å². The van der Waals surface area contributed by atoms with Crippen LogP contribution in [0, 0.1) is 5.82 Å². The number of hydrogen-bond donors (Lipinski definition) is 1. The summed E-state index contributed by atoms with van der Waals surface area (Å²) in [5, 5.41) is 1.12. The lowest BCUT2D eigenvalue weighted by molar-refractivity contribution is 0.186. The van der Waals surface area contributed by atoms with Crippen LogP contribution in [0.5, 0.6) is 5.75 Å². The molecule has 0 spiro atoms. The van der Waals surface area contributed by atoms with Crippen molar-refractivity contribution in [3.05, 3.63) is 48.3 Å². The molecule has 1 saturated heterocycles. The number of fused-ring (bicyclic) bond motifs is 1. The average molecular weight is 383 g/mol. The van der Waals surface area contributed by atoms with E-state index in [0.717, 1.165) is 61.5 Å². The third-order valence-electron chi connectivity index (χ3n) is 5.56. The molecule has 0 bridgehead atoms. The third kappa shape index (κ3) is 3.80. The maximum Gasteiger partial charge on any atom is 0.179 e. The van der Waals surface area contributed by atoms with E-state index in [1.165, 1.54) is 11.6 Å². The lowest BCUT2D eigenvalue weighted by Gasteiger charge is -2.40. The van der Waals surface area contributed by atoms with Crippen LogP contribution in [-0.2, 0) is 6.42 Å². The fourth-order valence-corrected chi connectivity index (χ4v) is 4.05. The molecule has 3 aromatic rings. The van der Waals surface area contributed by atoms with Gasteiger partial charge in [0.2, 0.25) is 0 Å². The van der Waals surface area contributed by atoms with Crippen molar-refractivity contribution in [1.29, 1.82) is 0 Å². The molecule has 1 unspecified atom stereocenters. The highest BCUT2D eigenvalue weighted by Crippen LogP contribution is 2.26. The smallest absolute Gasteiger partial charge is 0.179 e. The first-order valence-corrected chi connectivity index (χ1v) is 9.74. The topological polar surface area (TPSA) is 57.3 Å². The summed E-state index contributed by atoms with van der Waals surface area (Å²) in [6.45, 7) is 6.13. The molecule has 0 saturated carbocycles. The fourth-order valence-electron chi connectivity index (χ4n) is 4.05. The highest BCUT2D eigenvalue weighted by Gasteiger charge is 2.25. The van der Waals surface area contributed by atoms with Gasteiger partial charge in [-0.2, -0.15) is 0 Å². The largest absolute Gasteiger partial charge is 0.491 e. The number of hydrogen-bond acceptors (Lipinski definition) is 5. The standard InChI is InChI=1S/C21H26FN5O/c1-15-13-27(21-20(28-2)12-23-14-25-21)9-8-26(15)7-3-4-16-11-24-19-10-17(22)5-6-18(16)19/h5-6,10-12,14-15,24H,3-4,7-9,13H2,1-2H3. The highest BCUT2D eigenvalue weighted by molar-refractivity contribution is 5.83. The van der Waals surface area contributed by atoms with Crippen LogP contribution < -0.4 is 9.64 Å². The van der Waals surface area contributed by atoms with Crippen molar-refractivity contribution in [3.8, 4) is 5.75 Å². The van der Waals surface area contributed by atoms with Crippen LogP contribution in [-0.4, -0.2) is 59.2 Å². The zero-order valence-electron chi connectivity index (χ0n) is 16.4. The summed E-state index contributed by atoms with van der Waals surface area (Å²) in [4.78, 5) is 16.4. The van der Waals surface area contributed by atoms with Crippen molar-refractivity contribution in [2.45, 2.75) is 25.8 Å². The van der Waals surface area contributed by atoms with Crippen LogP contribution in [0.2, 0.25) is 0 Å². The molecule has 0 radical (unpaired) electrons. The van der Waals surface area contributed by atoms with Crippen molar-refractivity contribution in [1.82, 2.24) is 19.9 Å². The molecule has 0 aliphatic carbocycles. The number of nitrogens with one attached hydrogen (secondary N) is 1. The number of ether oxygens (including phenoxy) is 1. The SMILES string of the molecule is COc1cncnc1N1CCN(CCCc2c[nH]c3cc(F)ccc23)C(C)C1. The fraction of sp³-hybridized carbons (Fsp3) is 0.429. The van der Waals surface area contributed by atoms with E-state index < -0.39 is 0 Å². The van der Waals surface area contributed by atoms with Gasteiger partial charge in [-0.1, -0.05) is 0 Å². The van der Waals surface area contributed by atoms with Gasteiger partial charge in [-0.3, -0.25) is 4.90 Å². The Morgan fingerprint density at radius 3 is 3.04 bits per heavy atom. The molecule has 7 heteroatoms. The summed E-state index contributed by atoms with van der Waals surface area (Å²) >= 11 is 0. The Morgan fingerprint density at radius 2 is 2.21 bits per heavy atom. The van der Waals surface area contributed by atoms with E-state index >= 15 is 0 Å². The van der Waals surface area contributed by atoms with Gasteiger partial charge in [0.25, 0.3) is 0 Å². The van der Waals surface area contributed by atoms with E-state index in [0.29, 0.717) is 6.04 Å². The van der Waals surface area contributed by atoms with Gasteiger partial charge in [-0.25, -0.2) is 14.4 Å². The van der Waals surface area contributed by atoms with E-state index in [2.05, 4.69) is 31.7 Å². The zero-order chi connectivity index (χ0) is 19.5. The van der Waals surface area contributed by atoms with Crippen molar-refractivity contribution < 1.29 is 9.13 Å². The van der Waals surface area contributed by atoms with Gasteiger partial charge in [-0.05, 0) is 50.1 Å². The van der Waals surface area contributed by atoms with Crippen molar-refractivity contribution in [2.24, 2.45) is 0 Å². The predicted molar refractivity (Wildman–Crippen MR) is 108 cm³/mol. The second kappa shape index (κ2) is 8.14. The molecule has 1 N–H and O–H groups in total. The first kappa shape index (κ1) is 18.7. The number of benzene rings is 1. The van der Waals surface area contributed by atoms with Crippen molar-refractivity contribution in [2.75, 3.05) is 38.2 Å². The van der Waals surface area contributed by atoms with Gasteiger partial charge in [-0.15, -0.1) is 0 Å². The molecule has 2 aromatic heterocycles. The monoisotopic (exact) mass is 383 g/mol. The van der Waals surface area contributed by atoms with Crippen LogP contribution >= 0.6 is 0 Å². The first-order chi connectivity index (χ1) is 13.7. The Labute approximate surface area is 164 Å². The van der Waals surface area contributed by atoms with Crippen molar-refractivity contribution >= 4 is 16.7 Å². The number of piperazine rings is 1. The molecular formula is C21H26FN5O. The van der Waals surface area contributed by atoms with Crippen LogP contribution in [0.1, 0.15) is 18.9 Å². The number of rotatable bonds is 6. The zero-order valence-corrected chi connectivity index (χ0v) is 16.4. The molecule has 0 amide bonds. The number of aryl methyl sites for hydroxylation is 1. The van der Waals surface area contributed by atoms with Crippen LogP contribution in [0.15, 0.2) is 36.9 Å². The number of halogens is 1. The second-order valence-electron chi connectivity index (χ2n) is 7.35. The van der Waals surface area contributed by atoms with Gasteiger partial charge in [0.05, 0.1) is 13.3 Å². The van der Waals surface area contributed by atoms with E-state index in [1.54, 1.807) is 25.7 Å². The molecular weight excluding hydrogens is 357 g/mol. The lowest BCUT2D eigenvalue weighted by Crippen LogP contribution is -2.52. The molecule has 1 fully saturated rings. The van der Waals surface area contributed by atoms with Gasteiger partial charge < -0.3 is 14.6 Å². The summed E-state index contributed by atoms with van der Waals surface area (Å²) in [5.74, 6) is 1.39. The van der Waals surface area contributed by atoms with Crippen molar-refractivity contribution in [3.63, 3.8) is 0 Å². The Balaban J connectivity index is 1.33. The molecule has 3 heterocycles. The molecule has 4 rings (SSSR count). The van der Waals surface area contributed by atoms with E-state index in [-0.39, 0.29) is 5.82 Å².